The van der Waals surface area contributed by atoms with Gasteiger partial charge in [-0.25, -0.2) is 13.9 Å². The molecule has 0 radical (unpaired) electrons. The molecular formula is C49H83N3O18P2. The van der Waals surface area contributed by atoms with E-state index < -0.39 is 102 Å². The molecule has 9 N–H and O–H groups in total. The van der Waals surface area contributed by atoms with E-state index in [1.54, 1.807) is 36.5 Å². The standard InChI is InChI=1S/C49H83N3O18P2/c1-4-5-19-26-38(53)27-21-16-13-14-17-22-28-40(54)41(55)29-24-31-45(57)68-39(34-65-44(56)30-23-18-12-10-8-6-7-9-11-15-20-25-37(2)3)35-66-71(61,62)70-72(63,64)67-36-42-46(58)47(59)48(69-42)52-33-32-43(50)51-49(52)60/h13-14,16-17,21-22,27-28,32-33,37-42,46-48,53-55,58-59H,4-12,15,18-20,23-26,29-31,34-36H2,1-3H3,(H,61,62)(H,63,64)(H2,50,51,60)/b16-13-,17-14+,27-21+,28-22+/t38-,39+,40-,41-,42+,46+,47+,48+/m0/s1. The summed E-state index contributed by atoms with van der Waals surface area (Å²) in [6.07, 6.45) is 19.9. The number of nitrogens with two attached hydrogens (primary N) is 1. The predicted octanol–water partition coefficient (Wildman–Crippen LogP) is 6.94. The maximum absolute atomic E-state index is 12.9. The summed E-state index contributed by atoms with van der Waals surface area (Å²) >= 11 is 0. The Balaban J connectivity index is 1.90. The third kappa shape index (κ3) is 29.5. The van der Waals surface area contributed by atoms with E-state index in [4.69, 9.17) is 29.0 Å². The molecule has 21 nitrogen and oxygen atoms in total. The zero-order valence-corrected chi connectivity index (χ0v) is 44.0. The van der Waals surface area contributed by atoms with E-state index in [2.05, 4.69) is 30.1 Å². The summed E-state index contributed by atoms with van der Waals surface area (Å²) in [7, 11) is -11.0. The van der Waals surface area contributed by atoms with E-state index in [1.807, 2.05) is 0 Å². The summed E-state index contributed by atoms with van der Waals surface area (Å²) in [4.78, 5) is 61.9. The summed E-state index contributed by atoms with van der Waals surface area (Å²) in [5.41, 5.74) is 4.55. The molecule has 0 spiro atoms. The van der Waals surface area contributed by atoms with Crippen LogP contribution in [-0.4, -0.2) is 119 Å². The number of rotatable bonds is 40. The first-order valence-corrected chi connectivity index (χ1v) is 28.3. The number of carbonyl (C=O) groups excluding carboxylic acids is 2. The summed E-state index contributed by atoms with van der Waals surface area (Å²) in [5, 5.41) is 51.6. The lowest BCUT2D eigenvalue weighted by Gasteiger charge is -2.21. The summed E-state index contributed by atoms with van der Waals surface area (Å²) in [6.45, 7) is 3.99. The molecule has 0 bridgehead atoms. The molecule has 2 unspecified atom stereocenters. The number of carbonyl (C=O) groups is 2. The van der Waals surface area contributed by atoms with Gasteiger partial charge in [0.2, 0.25) is 0 Å². The van der Waals surface area contributed by atoms with Crippen LogP contribution in [0.15, 0.2) is 65.7 Å². The number of anilines is 1. The van der Waals surface area contributed by atoms with Crippen LogP contribution < -0.4 is 11.4 Å². The Morgan fingerprint density at radius 1 is 0.750 bits per heavy atom. The molecule has 1 aliphatic heterocycles. The number of aromatic nitrogens is 2. The largest absolute Gasteiger partial charge is 0.481 e. The highest BCUT2D eigenvalue weighted by atomic mass is 31.3. The SMILES string of the molecule is CCCCC[C@H](O)/C=C/C=C\C=C\C=C\[C@H](O)[C@@H](O)CCCC(=O)O[C@H](COC(=O)CCCCCCCCCCCCCC(C)C)COP(=O)(O)OP(=O)(O)OC[C@H]1O[C@@H](n2ccc(N)nc2=O)[C@H](O)[C@@H]1O. The Bertz CT molecular complexity index is 1960. The molecule has 72 heavy (non-hydrogen) atoms. The van der Waals surface area contributed by atoms with E-state index in [-0.39, 0.29) is 31.5 Å². The van der Waals surface area contributed by atoms with Gasteiger partial charge in [-0.05, 0) is 37.7 Å². The highest BCUT2D eigenvalue weighted by molar-refractivity contribution is 7.61. The minimum atomic E-state index is -5.51. The third-order valence-electron chi connectivity index (χ3n) is 11.5. The molecular weight excluding hydrogens is 980 g/mol. The first-order valence-electron chi connectivity index (χ1n) is 25.3. The van der Waals surface area contributed by atoms with Gasteiger partial charge in [0.05, 0.1) is 31.5 Å². The second-order valence-electron chi connectivity index (χ2n) is 18.4. The lowest BCUT2D eigenvalue weighted by molar-refractivity contribution is -0.161. The Kier molecular flexibility index (Phi) is 32.8. The quantitative estimate of drug-likeness (QED) is 0.0143. The van der Waals surface area contributed by atoms with Gasteiger partial charge in [-0.2, -0.15) is 9.29 Å². The van der Waals surface area contributed by atoms with Crippen LogP contribution in [0.2, 0.25) is 0 Å². The van der Waals surface area contributed by atoms with Gasteiger partial charge in [-0.1, -0.05) is 159 Å². The van der Waals surface area contributed by atoms with E-state index in [0.29, 0.717) is 12.8 Å². The molecule has 1 aliphatic rings. The highest BCUT2D eigenvalue weighted by Gasteiger charge is 2.46. The molecule has 1 saturated heterocycles. The number of hydrogen-bond acceptors (Lipinski definition) is 18. The normalized spacial score (nSPS) is 20.9. The van der Waals surface area contributed by atoms with Crippen LogP contribution in [-0.2, 0) is 46.3 Å². The van der Waals surface area contributed by atoms with Crippen molar-refractivity contribution in [1.82, 2.24) is 9.55 Å². The number of hydrogen-bond donors (Lipinski definition) is 8. The number of nitrogen functional groups attached to an aromatic ring is 1. The second kappa shape index (κ2) is 36.5. The number of allylic oxidation sites excluding steroid dienone is 6. The number of ether oxygens (including phenoxy) is 3. The van der Waals surface area contributed by atoms with Crippen LogP contribution in [0.25, 0.3) is 0 Å². The number of phosphoric acid groups is 2. The average molecular weight is 1060 g/mol. The van der Waals surface area contributed by atoms with Crippen molar-refractivity contribution in [2.45, 2.75) is 198 Å². The summed E-state index contributed by atoms with van der Waals surface area (Å²) in [5.74, 6) is -0.901. The minimum absolute atomic E-state index is 0.0311. The molecule has 2 rings (SSSR count). The fourth-order valence-electron chi connectivity index (χ4n) is 7.35. The molecule has 0 aromatic carbocycles. The third-order valence-corrected chi connectivity index (χ3v) is 14.1. The van der Waals surface area contributed by atoms with Gasteiger partial charge in [-0.15, -0.1) is 0 Å². The molecule has 0 aliphatic carbocycles. The predicted molar refractivity (Wildman–Crippen MR) is 270 cm³/mol. The summed E-state index contributed by atoms with van der Waals surface area (Å²) < 4.78 is 56.5. The fraction of sp³-hybridized carbons (Fsp3) is 0.714. The van der Waals surface area contributed by atoms with Gasteiger partial charge in [0.25, 0.3) is 0 Å². The van der Waals surface area contributed by atoms with Gasteiger partial charge >= 0.3 is 33.3 Å². The Morgan fingerprint density at radius 2 is 1.32 bits per heavy atom. The van der Waals surface area contributed by atoms with Gasteiger partial charge in [-0.3, -0.25) is 23.2 Å². The fourth-order valence-corrected chi connectivity index (χ4v) is 9.46. The maximum atomic E-state index is 12.9. The molecule has 412 valence electrons. The van der Waals surface area contributed by atoms with Crippen molar-refractivity contribution < 1.29 is 81.6 Å². The van der Waals surface area contributed by atoms with Crippen molar-refractivity contribution in [1.29, 1.82) is 0 Å². The molecule has 0 saturated carbocycles. The Hall–Kier alpha value is -3.40. The molecule has 1 aromatic heterocycles. The molecule has 1 aromatic rings. The van der Waals surface area contributed by atoms with Crippen LogP contribution in [0, 0.1) is 5.92 Å². The van der Waals surface area contributed by atoms with Gasteiger partial charge < -0.3 is 55.3 Å². The van der Waals surface area contributed by atoms with Crippen molar-refractivity contribution in [2.24, 2.45) is 5.92 Å². The monoisotopic (exact) mass is 1060 g/mol. The molecule has 2 heterocycles. The molecule has 23 heteroatoms. The Morgan fingerprint density at radius 3 is 1.94 bits per heavy atom. The minimum Gasteiger partial charge on any atom is -0.462 e. The first-order chi connectivity index (χ1) is 34.2. The molecule has 1 fully saturated rings. The lowest BCUT2D eigenvalue weighted by Crippen LogP contribution is -2.36. The van der Waals surface area contributed by atoms with Gasteiger partial charge in [0.15, 0.2) is 12.3 Å². The number of unbranched alkanes of at least 4 members (excludes halogenated alkanes) is 12. The van der Waals surface area contributed by atoms with E-state index >= 15 is 0 Å². The second-order valence-corrected chi connectivity index (χ2v) is 21.4. The topological polar surface area (TPSA) is 326 Å². The number of esters is 2. The number of phosphoric ester groups is 2. The van der Waals surface area contributed by atoms with Crippen LogP contribution in [0.5, 0.6) is 0 Å². The molecule has 10 atom stereocenters. The van der Waals surface area contributed by atoms with Crippen LogP contribution in [0.3, 0.4) is 0 Å². The lowest BCUT2D eigenvalue weighted by atomic mass is 10.0. The van der Waals surface area contributed by atoms with Crippen molar-refractivity contribution in [2.75, 3.05) is 25.6 Å². The van der Waals surface area contributed by atoms with Crippen LogP contribution in [0.1, 0.15) is 155 Å². The van der Waals surface area contributed by atoms with Gasteiger partial charge in [0, 0.05) is 19.0 Å². The number of aliphatic hydroxyl groups is 5. The van der Waals surface area contributed by atoms with E-state index in [9.17, 15) is 58.8 Å². The van der Waals surface area contributed by atoms with Crippen LogP contribution >= 0.6 is 15.6 Å². The number of nitrogens with zero attached hydrogens (tertiary/aromatic N) is 2. The Labute approximate surface area is 424 Å². The maximum Gasteiger partial charge on any atom is 0.481 e. The van der Waals surface area contributed by atoms with E-state index in [0.717, 1.165) is 61.6 Å². The average Bonchev–Trinajstić information content (AvgIpc) is 3.59. The smallest absolute Gasteiger partial charge is 0.462 e. The number of aliphatic hydroxyl groups excluding tert-OH is 5. The van der Waals surface area contributed by atoms with Crippen molar-refractivity contribution in [3.05, 3.63) is 71.4 Å². The zero-order chi connectivity index (χ0) is 53.4. The highest BCUT2D eigenvalue weighted by Crippen LogP contribution is 2.60. The van der Waals surface area contributed by atoms with E-state index in [1.165, 1.54) is 63.2 Å². The van der Waals surface area contributed by atoms with Crippen molar-refractivity contribution >= 4 is 33.4 Å². The van der Waals surface area contributed by atoms with Crippen LogP contribution in [0.4, 0.5) is 5.82 Å². The first kappa shape index (κ1) is 64.7. The summed E-state index contributed by atoms with van der Waals surface area (Å²) in [6, 6.07) is 1.22. The zero-order valence-electron chi connectivity index (χ0n) is 42.2. The van der Waals surface area contributed by atoms with Crippen molar-refractivity contribution in [3.63, 3.8) is 0 Å². The van der Waals surface area contributed by atoms with Gasteiger partial charge in [0.1, 0.15) is 30.7 Å². The van der Waals surface area contributed by atoms with Crippen molar-refractivity contribution in [3.8, 4) is 0 Å². The molecule has 0 amide bonds.